The standard InChI is InChI=1S/C14H22N2O3S/c1-11-8-13(4-5-14(11)19-3)20(17,18)15-9-12-6-7-16(2)10-12/h4-5,8,12,15H,6-7,9-10H2,1-3H3. The van der Waals surface area contributed by atoms with Gasteiger partial charge in [0.2, 0.25) is 10.0 Å². The summed E-state index contributed by atoms with van der Waals surface area (Å²) in [7, 11) is 0.195. The van der Waals surface area contributed by atoms with E-state index in [0.29, 0.717) is 23.1 Å². The van der Waals surface area contributed by atoms with E-state index in [-0.39, 0.29) is 0 Å². The van der Waals surface area contributed by atoms with E-state index in [1.54, 1.807) is 25.3 Å². The monoisotopic (exact) mass is 298 g/mol. The van der Waals surface area contributed by atoms with Crippen molar-refractivity contribution < 1.29 is 13.2 Å². The van der Waals surface area contributed by atoms with Gasteiger partial charge in [0.05, 0.1) is 12.0 Å². The van der Waals surface area contributed by atoms with Crippen LogP contribution < -0.4 is 9.46 Å². The van der Waals surface area contributed by atoms with Crippen LogP contribution in [0.15, 0.2) is 23.1 Å². The molecular formula is C14H22N2O3S. The second-order valence-corrected chi connectivity index (χ2v) is 7.17. The Morgan fingerprint density at radius 3 is 2.75 bits per heavy atom. The Morgan fingerprint density at radius 1 is 1.45 bits per heavy atom. The molecule has 1 N–H and O–H groups in total. The van der Waals surface area contributed by atoms with Crippen molar-refractivity contribution >= 4 is 10.0 Å². The Labute approximate surface area is 121 Å². The molecule has 1 aliphatic heterocycles. The molecule has 0 aliphatic carbocycles. The van der Waals surface area contributed by atoms with Crippen molar-refractivity contribution in [2.45, 2.75) is 18.2 Å². The van der Waals surface area contributed by atoms with Crippen LogP contribution in [0.5, 0.6) is 5.75 Å². The molecule has 2 rings (SSSR count). The summed E-state index contributed by atoms with van der Waals surface area (Å²) in [6, 6.07) is 4.91. The first-order valence-electron chi connectivity index (χ1n) is 6.75. The van der Waals surface area contributed by atoms with Gasteiger partial charge in [-0.3, -0.25) is 0 Å². The number of hydrogen-bond acceptors (Lipinski definition) is 4. The number of sulfonamides is 1. The lowest BCUT2D eigenvalue weighted by molar-refractivity contribution is 0.394. The van der Waals surface area contributed by atoms with E-state index in [9.17, 15) is 8.42 Å². The number of methoxy groups -OCH3 is 1. The topological polar surface area (TPSA) is 58.6 Å². The molecule has 0 bridgehead atoms. The van der Waals surface area contributed by atoms with E-state index < -0.39 is 10.0 Å². The van der Waals surface area contributed by atoms with Gasteiger partial charge < -0.3 is 9.64 Å². The first-order chi connectivity index (χ1) is 9.42. The van der Waals surface area contributed by atoms with Crippen LogP contribution in [-0.4, -0.2) is 47.1 Å². The predicted octanol–water partition coefficient (Wildman–Crippen LogP) is 1.23. The van der Waals surface area contributed by atoms with Gasteiger partial charge in [-0.05, 0) is 56.6 Å². The molecule has 1 atom stereocenters. The summed E-state index contributed by atoms with van der Waals surface area (Å²) in [4.78, 5) is 2.51. The highest BCUT2D eigenvalue weighted by atomic mass is 32.2. The van der Waals surface area contributed by atoms with Crippen LogP contribution in [-0.2, 0) is 10.0 Å². The van der Waals surface area contributed by atoms with E-state index in [1.807, 2.05) is 6.92 Å². The van der Waals surface area contributed by atoms with Crippen LogP contribution in [0.3, 0.4) is 0 Å². The number of nitrogens with one attached hydrogen (secondary N) is 1. The Balaban J connectivity index is 2.04. The molecule has 1 aromatic carbocycles. The molecule has 0 aromatic heterocycles. The number of aryl methyl sites for hydroxylation is 1. The zero-order chi connectivity index (χ0) is 14.8. The van der Waals surface area contributed by atoms with Crippen molar-refractivity contribution in [2.24, 2.45) is 5.92 Å². The maximum absolute atomic E-state index is 12.3. The lowest BCUT2D eigenvalue weighted by Crippen LogP contribution is -2.30. The molecule has 0 saturated carbocycles. The fourth-order valence-corrected chi connectivity index (χ4v) is 3.72. The van der Waals surface area contributed by atoms with Gasteiger partial charge in [0, 0.05) is 13.1 Å². The van der Waals surface area contributed by atoms with Crippen LogP contribution in [0, 0.1) is 12.8 Å². The third-order valence-corrected chi connectivity index (χ3v) is 5.15. The normalized spacial score (nSPS) is 20.2. The SMILES string of the molecule is COc1ccc(S(=O)(=O)NCC2CCN(C)C2)cc1C. The molecular weight excluding hydrogens is 276 g/mol. The maximum atomic E-state index is 12.3. The average Bonchev–Trinajstić information content (AvgIpc) is 2.82. The van der Waals surface area contributed by atoms with Gasteiger partial charge in [0.1, 0.15) is 5.75 Å². The van der Waals surface area contributed by atoms with Crippen LogP contribution in [0.4, 0.5) is 0 Å². The summed E-state index contributed by atoms with van der Waals surface area (Å²) in [6.45, 7) is 4.32. The minimum Gasteiger partial charge on any atom is -0.496 e. The highest BCUT2D eigenvalue weighted by Gasteiger charge is 2.22. The molecule has 0 radical (unpaired) electrons. The van der Waals surface area contributed by atoms with Crippen molar-refractivity contribution in [3.8, 4) is 5.75 Å². The van der Waals surface area contributed by atoms with Gasteiger partial charge in [0.15, 0.2) is 0 Å². The fourth-order valence-electron chi connectivity index (χ4n) is 2.52. The van der Waals surface area contributed by atoms with Crippen molar-refractivity contribution in [3.05, 3.63) is 23.8 Å². The van der Waals surface area contributed by atoms with Crippen LogP contribution in [0.2, 0.25) is 0 Å². The molecule has 1 aromatic rings. The van der Waals surface area contributed by atoms with Crippen LogP contribution in [0.25, 0.3) is 0 Å². The van der Waals surface area contributed by atoms with Gasteiger partial charge in [-0.1, -0.05) is 0 Å². The maximum Gasteiger partial charge on any atom is 0.240 e. The van der Waals surface area contributed by atoms with Crippen molar-refractivity contribution in [2.75, 3.05) is 33.8 Å². The van der Waals surface area contributed by atoms with E-state index in [4.69, 9.17) is 4.74 Å². The van der Waals surface area contributed by atoms with Crippen LogP contribution in [0.1, 0.15) is 12.0 Å². The molecule has 1 fully saturated rings. The minimum absolute atomic E-state index is 0.294. The first-order valence-corrected chi connectivity index (χ1v) is 8.23. The molecule has 1 aliphatic rings. The lowest BCUT2D eigenvalue weighted by Gasteiger charge is -2.13. The minimum atomic E-state index is -3.44. The molecule has 112 valence electrons. The third kappa shape index (κ3) is 3.50. The molecule has 6 heteroatoms. The zero-order valence-electron chi connectivity index (χ0n) is 12.2. The summed E-state index contributed by atoms with van der Waals surface area (Å²) in [5, 5.41) is 0. The number of rotatable bonds is 5. The van der Waals surface area contributed by atoms with E-state index >= 15 is 0 Å². The Hall–Kier alpha value is -1.11. The Bertz CT molecular complexity index is 572. The first kappa shape index (κ1) is 15.3. The van der Waals surface area contributed by atoms with Crippen LogP contribution >= 0.6 is 0 Å². The predicted molar refractivity (Wildman–Crippen MR) is 78.5 cm³/mol. The second kappa shape index (κ2) is 6.11. The van der Waals surface area contributed by atoms with Gasteiger partial charge >= 0.3 is 0 Å². The average molecular weight is 298 g/mol. The van der Waals surface area contributed by atoms with Crippen molar-refractivity contribution in [1.29, 1.82) is 0 Å². The largest absolute Gasteiger partial charge is 0.496 e. The molecule has 5 nitrogen and oxygen atoms in total. The molecule has 0 amide bonds. The Morgan fingerprint density at radius 2 is 2.20 bits per heavy atom. The summed E-state index contributed by atoms with van der Waals surface area (Å²) < 4.78 is 32.4. The molecule has 1 heterocycles. The lowest BCUT2D eigenvalue weighted by atomic mass is 10.1. The number of benzene rings is 1. The van der Waals surface area contributed by atoms with Gasteiger partial charge in [-0.25, -0.2) is 13.1 Å². The zero-order valence-corrected chi connectivity index (χ0v) is 13.0. The number of likely N-dealkylation sites (tertiary alicyclic amines) is 1. The molecule has 0 spiro atoms. The summed E-state index contributed by atoms with van der Waals surface area (Å²) in [6.07, 6.45) is 1.04. The highest BCUT2D eigenvalue weighted by Crippen LogP contribution is 2.21. The summed E-state index contributed by atoms with van der Waals surface area (Å²) >= 11 is 0. The number of nitrogens with zero attached hydrogens (tertiary/aromatic N) is 1. The third-order valence-electron chi connectivity index (χ3n) is 3.73. The van der Waals surface area contributed by atoms with Gasteiger partial charge in [0.25, 0.3) is 0 Å². The van der Waals surface area contributed by atoms with Crippen molar-refractivity contribution in [3.63, 3.8) is 0 Å². The smallest absolute Gasteiger partial charge is 0.240 e. The van der Waals surface area contributed by atoms with E-state index in [1.165, 1.54) is 0 Å². The van der Waals surface area contributed by atoms with E-state index in [2.05, 4.69) is 16.7 Å². The van der Waals surface area contributed by atoms with Gasteiger partial charge in [-0.2, -0.15) is 0 Å². The molecule has 1 saturated heterocycles. The summed E-state index contributed by atoms with van der Waals surface area (Å²) in [5.41, 5.74) is 0.816. The summed E-state index contributed by atoms with van der Waals surface area (Å²) in [5.74, 6) is 1.09. The Kier molecular flexibility index (Phi) is 4.67. The molecule has 1 unspecified atom stereocenters. The van der Waals surface area contributed by atoms with Crippen molar-refractivity contribution in [1.82, 2.24) is 9.62 Å². The second-order valence-electron chi connectivity index (χ2n) is 5.40. The quantitative estimate of drug-likeness (QED) is 0.888. The molecule has 20 heavy (non-hydrogen) atoms. The van der Waals surface area contributed by atoms with Gasteiger partial charge in [-0.15, -0.1) is 0 Å². The fraction of sp³-hybridized carbons (Fsp3) is 0.571. The van der Waals surface area contributed by atoms with E-state index in [0.717, 1.165) is 25.1 Å². The number of ether oxygens (including phenoxy) is 1. The highest BCUT2D eigenvalue weighted by molar-refractivity contribution is 7.89. The number of hydrogen-bond donors (Lipinski definition) is 1.